The van der Waals surface area contributed by atoms with Crippen molar-refractivity contribution >= 4 is 5.78 Å². The van der Waals surface area contributed by atoms with Crippen molar-refractivity contribution in [2.75, 3.05) is 7.05 Å². The molecule has 2 atom stereocenters. The number of carbonyl (C=O) groups is 1. The van der Waals surface area contributed by atoms with Crippen LogP contribution in [0, 0.1) is 5.92 Å². The van der Waals surface area contributed by atoms with Crippen LogP contribution in [-0.2, 0) is 0 Å². The minimum atomic E-state index is 0.237. The fourth-order valence-corrected chi connectivity index (χ4v) is 4.10. The smallest absolute Gasteiger partial charge is 0.166 e. The van der Waals surface area contributed by atoms with Crippen molar-refractivity contribution in [3.63, 3.8) is 0 Å². The normalized spacial score (nSPS) is 29.6. The summed E-state index contributed by atoms with van der Waals surface area (Å²) in [6.45, 7) is 4.38. The molecule has 2 heterocycles. The van der Waals surface area contributed by atoms with E-state index in [-0.39, 0.29) is 5.92 Å². The second kappa shape index (κ2) is 5.92. The van der Waals surface area contributed by atoms with Gasteiger partial charge in [0.05, 0.1) is 0 Å². The highest BCUT2D eigenvalue weighted by molar-refractivity contribution is 5.98. The van der Waals surface area contributed by atoms with Gasteiger partial charge in [-0.05, 0) is 44.2 Å². The predicted molar refractivity (Wildman–Crippen MR) is 86.8 cm³/mol. The molecule has 0 spiro atoms. The summed E-state index contributed by atoms with van der Waals surface area (Å²) in [6.07, 6.45) is 5.98. The summed E-state index contributed by atoms with van der Waals surface area (Å²) >= 11 is 0. The third-order valence-corrected chi connectivity index (χ3v) is 5.57. The number of ketones is 1. The monoisotopic (exact) mass is 285 g/mol. The molecule has 114 valence electrons. The molecule has 0 amide bonds. The van der Waals surface area contributed by atoms with Gasteiger partial charge in [0, 0.05) is 23.6 Å². The van der Waals surface area contributed by atoms with Gasteiger partial charge in [-0.3, -0.25) is 4.79 Å². The van der Waals surface area contributed by atoms with Crippen LogP contribution in [0.4, 0.5) is 0 Å². The molecular formula is C19H27NO. The fraction of sp³-hybridized carbons (Fsp3) is 0.632. The number of Topliss-reactive ketones (excluding diaryl/α,β-unsaturated/α-hetero) is 1. The average molecular weight is 285 g/mol. The molecule has 1 aromatic rings. The van der Waals surface area contributed by atoms with Gasteiger partial charge in [0.25, 0.3) is 0 Å². The Morgan fingerprint density at radius 2 is 1.67 bits per heavy atom. The van der Waals surface area contributed by atoms with E-state index in [1.807, 2.05) is 12.1 Å². The number of hydrogen-bond acceptors (Lipinski definition) is 2. The molecule has 2 fully saturated rings. The molecule has 1 aromatic carbocycles. The number of fused-ring (bicyclic) bond motifs is 2. The lowest BCUT2D eigenvalue weighted by molar-refractivity contribution is 0.0338. The maximum atomic E-state index is 12.8. The van der Waals surface area contributed by atoms with Gasteiger partial charge in [-0.1, -0.05) is 44.5 Å². The van der Waals surface area contributed by atoms with Crippen LogP contribution in [0.25, 0.3) is 0 Å². The number of rotatable bonds is 3. The topological polar surface area (TPSA) is 20.3 Å². The summed E-state index contributed by atoms with van der Waals surface area (Å²) in [7, 11) is 2.24. The maximum Gasteiger partial charge on any atom is 0.166 e. The molecule has 2 unspecified atom stereocenters. The van der Waals surface area contributed by atoms with Gasteiger partial charge in [0.2, 0.25) is 0 Å². The molecule has 2 aliphatic rings. The van der Waals surface area contributed by atoms with Gasteiger partial charge in [0.1, 0.15) is 0 Å². The van der Waals surface area contributed by atoms with Gasteiger partial charge in [-0.2, -0.15) is 0 Å². The van der Waals surface area contributed by atoms with Gasteiger partial charge in [-0.15, -0.1) is 0 Å². The van der Waals surface area contributed by atoms with Crippen molar-refractivity contribution in [1.29, 1.82) is 0 Å². The molecule has 0 aromatic heterocycles. The Morgan fingerprint density at radius 3 is 2.19 bits per heavy atom. The predicted octanol–water partition coefficient (Wildman–Crippen LogP) is 4.26. The number of hydrogen-bond donors (Lipinski definition) is 0. The van der Waals surface area contributed by atoms with E-state index in [0.29, 0.717) is 23.8 Å². The van der Waals surface area contributed by atoms with Gasteiger partial charge < -0.3 is 4.90 Å². The SMILES string of the molecule is CC(C)c1ccc(C(=O)C2CC3CCCC(C2)N3C)cc1. The molecule has 21 heavy (non-hydrogen) atoms. The zero-order chi connectivity index (χ0) is 15.0. The highest BCUT2D eigenvalue weighted by Gasteiger charge is 2.38. The van der Waals surface area contributed by atoms with Gasteiger partial charge >= 0.3 is 0 Å². The second-order valence-electron chi connectivity index (χ2n) is 7.21. The molecule has 0 aliphatic carbocycles. The Balaban J connectivity index is 1.73. The van der Waals surface area contributed by atoms with Crippen molar-refractivity contribution < 1.29 is 4.79 Å². The molecule has 0 N–H and O–H groups in total. The minimum Gasteiger partial charge on any atom is -0.300 e. The van der Waals surface area contributed by atoms with Crippen LogP contribution in [0.5, 0.6) is 0 Å². The molecular weight excluding hydrogens is 258 g/mol. The Bertz CT molecular complexity index is 491. The minimum absolute atomic E-state index is 0.237. The summed E-state index contributed by atoms with van der Waals surface area (Å²) in [5, 5.41) is 0. The first-order valence-electron chi connectivity index (χ1n) is 8.42. The molecule has 0 radical (unpaired) electrons. The quantitative estimate of drug-likeness (QED) is 0.774. The van der Waals surface area contributed by atoms with E-state index in [1.165, 1.54) is 24.8 Å². The van der Waals surface area contributed by atoms with Gasteiger partial charge in [-0.25, -0.2) is 0 Å². The number of carbonyl (C=O) groups excluding carboxylic acids is 1. The van der Waals surface area contributed by atoms with E-state index in [4.69, 9.17) is 0 Å². The van der Waals surface area contributed by atoms with Crippen LogP contribution in [0.1, 0.15) is 67.8 Å². The van der Waals surface area contributed by atoms with E-state index in [0.717, 1.165) is 18.4 Å². The largest absolute Gasteiger partial charge is 0.300 e. The van der Waals surface area contributed by atoms with Crippen molar-refractivity contribution in [2.45, 2.75) is 64.0 Å². The summed E-state index contributed by atoms with van der Waals surface area (Å²) in [6, 6.07) is 9.56. The number of piperidine rings is 2. The van der Waals surface area contributed by atoms with E-state index in [2.05, 4.69) is 37.9 Å². The molecule has 2 saturated heterocycles. The number of benzene rings is 1. The van der Waals surface area contributed by atoms with Crippen LogP contribution in [0.3, 0.4) is 0 Å². The van der Waals surface area contributed by atoms with Crippen LogP contribution in [0.15, 0.2) is 24.3 Å². The first-order chi connectivity index (χ1) is 10.1. The number of nitrogens with zero attached hydrogens (tertiary/aromatic N) is 1. The molecule has 0 saturated carbocycles. The highest BCUT2D eigenvalue weighted by Crippen LogP contribution is 2.37. The van der Waals surface area contributed by atoms with Crippen LogP contribution in [-0.4, -0.2) is 29.8 Å². The third-order valence-electron chi connectivity index (χ3n) is 5.57. The van der Waals surface area contributed by atoms with Crippen molar-refractivity contribution in [2.24, 2.45) is 5.92 Å². The molecule has 3 rings (SSSR count). The zero-order valence-electron chi connectivity index (χ0n) is 13.5. The molecule has 2 nitrogen and oxygen atoms in total. The van der Waals surface area contributed by atoms with E-state index >= 15 is 0 Å². The maximum absolute atomic E-state index is 12.8. The summed E-state index contributed by atoms with van der Waals surface area (Å²) in [5.41, 5.74) is 2.22. The van der Waals surface area contributed by atoms with Crippen LogP contribution < -0.4 is 0 Å². The zero-order valence-corrected chi connectivity index (χ0v) is 13.5. The van der Waals surface area contributed by atoms with Gasteiger partial charge in [0.15, 0.2) is 5.78 Å². The van der Waals surface area contributed by atoms with Crippen molar-refractivity contribution in [3.8, 4) is 0 Å². The van der Waals surface area contributed by atoms with E-state index in [1.54, 1.807) is 0 Å². The first kappa shape index (κ1) is 14.8. The van der Waals surface area contributed by atoms with Crippen LogP contribution >= 0.6 is 0 Å². The summed E-state index contributed by atoms with van der Waals surface area (Å²) < 4.78 is 0. The lowest BCUT2D eigenvalue weighted by Crippen LogP contribution is -2.51. The summed E-state index contributed by atoms with van der Waals surface area (Å²) in [5.74, 6) is 1.13. The fourth-order valence-electron chi connectivity index (χ4n) is 4.10. The third kappa shape index (κ3) is 2.91. The van der Waals surface area contributed by atoms with E-state index in [9.17, 15) is 4.79 Å². The molecule has 2 heteroatoms. The highest BCUT2D eigenvalue weighted by atomic mass is 16.1. The molecule has 2 bridgehead atoms. The Hall–Kier alpha value is -1.15. The van der Waals surface area contributed by atoms with E-state index < -0.39 is 0 Å². The average Bonchev–Trinajstić information content (AvgIpc) is 2.46. The second-order valence-corrected chi connectivity index (χ2v) is 7.21. The standard InChI is InChI=1S/C19H27NO/c1-13(2)14-7-9-15(10-8-14)19(21)16-11-17-5-4-6-18(12-16)20(17)3/h7-10,13,16-18H,4-6,11-12H2,1-3H3. The van der Waals surface area contributed by atoms with Crippen molar-refractivity contribution in [1.82, 2.24) is 4.90 Å². The lowest BCUT2D eigenvalue weighted by Gasteiger charge is -2.46. The Kier molecular flexibility index (Phi) is 4.17. The Labute approximate surface area is 128 Å². The summed E-state index contributed by atoms with van der Waals surface area (Å²) in [4.78, 5) is 15.3. The van der Waals surface area contributed by atoms with Crippen LogP contribution in [0.2, 0.25) is 0 Å². The first-order valence-corrected chi connectivity index (χ1v) is 8.42. The molecule has 2 aliphatic heterocycles. The lowest BCUT2D eigenvalue weighted by atomic mass is 9.76. The Morgan fingerprint density at radius 1 is 1.10 bits per heavy atom. The van der Waals surface area contributed by atoms with Crippen molar-refractivity contribution in [3.05, 3.63) is 35.4 Å².